The van der Waals surface area contributed by atoms with Crippen molar-refractivity contribution in [1.29, 1.82) is 0 Å². The Labute approximate surface area is 134 Å². The number of rotatable bonds is 4. The molecule has 1 saturated carbocycles. The van der Waals surface area contributed by atoms with Crippen LogP contribution in [-0.2, 0) is 4.79 Å². The molecule has 2 fully saturated rings. The van der Waals surface area contributed by atoms with Crippen LogP contribution in [0.2, 0.25) is 0 Å². The van der Waals surface area contributed by atoms with Crippen molar-refractivity contribution in [2.45, 2.75) is 44.9 Å². The van der Waals surface area contributed by atoms with Crippen LogP contribution in [0.25, 0.3) is 5.65 Å². The minimum Gasteiger partial charge on any atom is -0.369 e. The van der Waals surface area contributed by atoms with Gasteiger partial charge in [0.05, 0.1) is 16.8 Å². The van der Waals surface area contributed by atoms with Gasteiger partial charge < -0.3 is 10.6 Å². The molecule has 2 aromatic heterocycles. The number of hydrogen-bond acceptors (Lipinski definition) is 5. The van der Waals surface area contributed by atoms with E-state index < -0.39 is 5.41 Å². The second-order valence-electron chi connectivity index (χ2n) is 6.85. The van der Waals surface area contributed by atoms with E-state index in [0.29, 0.717) is 12.5 Å². The molecule has 1 atom stereocenters. The van der Waals surface area contributed by atoms with Gasteiger partial charge >= 0.3 is 0 Å². The van der Waals surface area contributed by atoms with Crippen molar-refractivity contribution in [2.75, 3.05) is 18.0 Å². The van der Waals surface area contributed by atoms with E-state index in [9.17, 15) is 4.79 Å². The Morgan fingerprint density at radius 3 is 3.00 bits per heavy atom. The zero-order chi connectivity index (χ0) is 16.0. The molecular formula is C16H22N6O. The number of amides is 1. The number of carbonyl (C=O) groups excluding carboxylic acids is 1. The fourth-order valence-corrected chi connectivity index (χ4v) is 3.64. The van der Waals surface area contributed by atoms with Gasteiger partial charge in [-0.15, -0.1) is 10.2 Å². The molecule has 4 rings (SSSR count). The van der Waals surface area contributed by atoms with E-state index in [4.69, 9.17) is 5.73 Å². The quantitative estimate of drug-likeness (QED) is 0.923. The number of primary amides is 1. The SMILES string of the molecule is CCC1(C(N)=O)CCCN(c2cc(C3CC3)nn3cnnc23)C1. The highest BCUT2D eigenvalue weighted by Gasteiger charge is 2.40. The molecule has 23 heavy (non-hydrogen) atoms. The predicted molar refractivity (Wildman–Crippen MR) is 86.1 cm³/mol. The first-order valence-corrected chi connectivity index (χ1v) is 8.39. The van der Waals surface area contributed by atoms with Gasteiger partial charge in [0.2, 0.25) is 11.6 Å². The van der Waals surface area contributed by atoms with Crippen molar-refractivity contribution in [3.63, 3.8) is 0 Å². The predicted octanol–water partition coefficient (Wildman–Crippen LogP) is 1.48. The van der Waals surface area contributed by atoms with Crippen LogP contribution in [0.1, 0.15) is 50.6 Å². The van der Waals surface area contributed by atoms with E-state index in [1.807, 2.05) is 6.92 Å². The summed E-state index contributed by atoms with van der Waals surface area (Å²) in [5.74, 6) is 0.357. The topological polar surface area (TPSA) is 89.4 Å². The summed E-state index contributed by atoms with van der Waals surface area (Å²) in [5.41, 5.74) is 8.15. The van der Waals surface area contributed by atoms with E-state index >= 15 is 0 Å². The van der Waals surface area contributed by atoms with Crippen LogP contribution in [0.4, 0.5) is 5.69 Å². The summed E-state index contributed by atoms with van der Waals surface area (Å²) in [6.07, 6.45) is 6.62. The molecule has 0 bridgehead atoms. The zero-order valence-corrected chi connectivity index (χ0v) is 13.4. The van der Waals surface area contributed by atoms with Crippen LogP contribution in [0.3, 0.4) is 0 Å². The third-order valence-corrected chi connectivity index (χ3v) is 5.38. The fraction of sp³-hybridized carbons (Fsp3) is 0.625. The van der Waals surface area contributed by atoms with Crippen LogP contribution < -0.4 is 10.6 Å². The Hall–Kier alpha value is -2.18. The normalized spacial score (nSPS) is 25.0. The second kappa shape index (κ2) is 5.18. The van der Waals surface area contributed by atoms with Gasteiger partial charge in [0, 0.05) is 19.0 Å². The first-order chi connectivity index (χ1) is 11.1. The highest BCUT2D eigenvalue weighted by atomic mass is 16.1. The van der Waals surface area contributed by atoms with Crippen LogP contribution in [-0.4, -0.2) is 38.8 Å². The Kier molecular flexibility index (Phi) is 3.25. The first kappa shape index (κ1) is 14.4. The molecule has 0 spiro atoms. The van der Waals surface area contributed by atoms with Crippen molar-refractivity contribution in [3.8, 4) is 0 Å². The number of anilines is 1. The summed E-state index contributed by atoms with van der Waals surface area (Å²) in [6.45, 7) is 3.60. The highest BCUT2D eigenvalue weighted by Crippen LogP contribution is 2.41. The average molecular weight is 314 g/mol. The van der Waals surface area contributed by atoms with E-state index in [1.165, 1.54) is 12.8 Å². The Morgan fingerprint density at radius 1 is 1.48 bits per heavy atom. The van der Waals surface area contributed by atoms with Gasteiger partial charge in [-0.3, -0.25) is 4.79 Å². The monoisotopic (exact) mass is 314 g/mol. The maximum atomic E-state index is 12.0. The highest BCUT2D eigenvalue weighted by molar-refractivity contribution is 5.82. The summed E-state index contributed by atoms with van der Waals surface area (Å²) < 4.78 is 1.76. The summed E-state index contributed by atoms with van der Waals surface area (Å²) in [5, 5.41) is 12.8. The number of hydrogen-bond donors (Lipinski definition) is 1. The van der Waals surface area contributed by atoms with Crippen LogP contribution in [0.5, 0.6) is 0 Å². The number of nitrogens with two attached hydrogens (primary N) is 1. The molecule has 1 saturated heterocycles. The van der Waals surface area contributed by atoms with E-state index in [1.54, 1.807) is 10.8 Å². The fourth-order valence-electron chi connectivity index (χ4n) is 3.64. The Balaban J connectivity index is 1.75. The lowest BCUT2D eigenvalue weighted by Gasteiger charge is -2.41. The number of piperidine rings is 1. The molecule has 0 radical (unpaired) electrons. The molecule has 2 aromatic rings. The first-order valence-electron chi connectivity index (χ1n) is 8.39. The van der Waals surface area contributed by atoms with E-state index in [-0.39, 0.29) is 5.91 Å². The molecule has 2 aliphatic rings. The number of aromatic nitrogens is 4. The lowest BCUT2D eigenvalue weighted by molar-refractivity contribution is -0.128. The van der Waals surface area contributed by atoms with Crippen molar-refractivity contribution in [1.82, 2.24) is 19.8 Å². The van der Waals surface area contributed by atoms with Gasteiger partial charge in [-0.1, -0.05) is 6.92 Å². The van der Waals surface area contributed by atoms with Gasteiger partial charge in [-0.2, -0.15) is 9.61 Å². The lowest BCUT2D eigenvalue weighted by atomic mass is 9.77. The summed E-state index contributed by atoms with van der Waals surface area (Å²) in [4.78, 5) is 14.3. The molecule has 0 aromatic carbocycles. The summed E-state index contributed by atoms with van der Waals surface area (Å²) in [6, 6.07) is 2.13. The van der Waals surface area contributed by atoms with Crippen LogP contribution >= 0.6 is 0 Å². The number of carbonyl (C=O) groups is 1. The van der Waals surface area contributed by atoms with Crippen molar-refractivity contribution >= 4 is 17.2 Å². The molecule has 1 unspecified atom stereocenters. The van der Waals surface area contributed by atoms with Crippen LogP contribution in [0, 0.1) is 5.41 Å². The maximum Gasteiger partial charge on any atom is 0.225 e. The van der Waals surface area contributed by atoms with Crippen LogP contribution in [0.15, 0.2) is 12.4 Å². The number of fused-ring (bicyclic) bond motifs is 1. The van der Waals surface area contributed by atoms with Crippen molar-refractivity contribution in [2.24, 2.45) is 11.1 Å². The van der Waals surface area contributed by atoms with Crippen molar-refractivity contribution in [3.05, 3.63) is 18.1 Å². The second-order valence-corrected chi connectivity index (χ2v) is 6.85. The minimum atomic E-state index is -0.446. The molecule has 7 heteroatoms. The third kappa shape index (κ3) is 2.34. The molecule has 1 amide bonds. The molecule has 122 valence electrons. The van der Waals surface area contributed by atoms with E-state index in [2.05, 4.69) is 26.3 Å². The lowest BCUT2D eigenvalue weighted by Crippen LogP contribution is -2.50. The standard InChI is InChI=1S/C16H22N6O/c1-2-16(15(17)23)6-3-7-21(9-16)13-8-12(11-4-5-11)20-22-10-18-19-14(13)22/h8,10-11H,2-7,9H2,1H3,(H2,17,23). The number of nitrogens with zero attached hydrogens (tertiary/aromatic N) is 5. The largest absolute Gasteiger partial charge is 0.369 e. The van der Waals surface area contributed by atoms with Gasteiger partial charge in [-0.05, 0) is 38.2 Å². The molecule has 1 aliphatic heterocycles. The smallest absolute Gasteiger partial charge is 0.225 e. The van der Waals surface area contributed by atoms with E-state index in [0.717, 1.165) is 42.8 Å². The molecule has 7 nitrogen and oxygen atoms in total. The zero-order valence-electron chi connectivity index (χ0n) is 13.4. The minimum absolute atomic E-state index is 0.196. The third-order valence-electron chi connectivity index (χ3n) is 5.38. The Morgan fingerprint density at radius 2 is 2.30 bits per heavy atom. The van der Waals surface area contributed by atoms with Crippen molar-refractivity contribution < 1.29 is 4.79 Å². The van der Waals surface area contributed by atoms with Gasteiger partial charge in [0.1, 0.15) is 6.33 Å². The average Bonchev–Trinajstić information content (AvgIpc) is 3.31. The molecule has 2 N–H and O–H groups in total. The van der Waals surface area contributed by atoms with Gasteiger partial charge in [-0.25, -0.2) is 0 Å². The Bertz CT molecular complexity index is 752. The van der Waals surface area contributed by atoms with Gasteiger partial charge in [0.25, 0.3) is 0 Å². The van der Waals surface area contributed by atoms with Gasteiger partial charge in [0.15, 0.2) is 0 Å². The summed E-state index contributed by atoms with van der Waals surface area (Å²) >= 11 is 0. The summed E-state index contributed by atoms with van der Waals surface area (Å²) in [7, 11) is 0. The molecule has 3 heterocycles. The molecule has 1 aliphatic carbocycles. The maximum absolute atomic E-state index is 12.0. The molecular weight excluding hydrogens is 292 g/mol.